The SMILES string of the molecule is N[n+]1c(SCC(=O)O)n[nH]c1-c1ccccc1. The van der Waals surface area contributed by atoms with E-state index in [2.05, 4.69) is 10.2 Å². The molecule has 0 bridgehead atoms. The van der Waals surface area contributed by atoms with Crippen molar-refractivity contribution in [1.29, 1.82) is 0 Å². The molecule has 0 saturated carbocycles. The number of nitrogen functional groups attached to an aromatic ring is 1. The number of H-pyrrole nitrogens is 1. The van der Waals surface area contributed by atoms with Gasteiger partial charge in [0.1, 0.15) is 5.75 Å². The number of nitrogens with two attached hydrogens (primary N) is 1. The number of carboxylic acid groups (broad SMARTS) is 1. The normalized spacial score (nSPS) is 10.4. The van der Waals surface area contributed by atoms with Crippen molar-refractivity contribution < 1.29 is 14.6 Å². The van der Waals surface area contributed by atoms with Crippen LogP contribution in [0, 0.1) is 0 Å². The van der Waals surface area contributed by atoms with Gasteiger partial charge in [-0.25, -0.2) is 0 Å². The van der Waals surface area contributed by atoms with Gasteiger partial charge in [-0.3, -0.25) is 10.6 Å². The van der Waals surface area contributed by atoms with E-state index in [0.29, 0.717) is 11.0 Å². The highest BCUT2D eigenvalue weighted by Gasteiger charge is 2.20. The number of benzene rings is 1. The number of rotatable bonds is 4. The fourth-order valence-electron chi connectivity index (χ4n) is 1.33. The number of aromatic nitrogens is 3. The highest BCUT2D eigenvalue weighted by Crippen LogP contribution is 2.15. The average molecular weight is 251 g/mol. The van der Waals surface area contributed by atoms with Crippen LogP contribution in [0.25, 0.3) is 11.4 Å². The number of aromatic amines is 1. The van der Waals surface area contributed by atoms with E-state index < -0.39 is 5.97 Å². The first-order valence-corrected chi connectivity index (χ1v) is 5.82. The zero-order valence-electron chi connectivity index (χ0n) is 8.83. The summed E-state index contributed by atoms with van der Waals surface area (Å²) < 4.78 is 1.35. The van der Waals surface area contributed by atoms with Crippen LogP contribution in [0.3, 0.4) is 0 Å². The minimum absolute atomic E-state index is 0.0731. The van der Waals surface area contributed by atoms with Crippen molar-refractivity contribution in [3.8, 4) is 11.4 Å². The number of carboxylic acids is 1. The molecule has 0 radical (unpaired) electrons. The lowest BCUT2D eigenvalue weighted by molar-refractivity contribution is -0.666. The maximum atomic E-state index is 10.5. The molecule has 0 atom stereocenters. The first-order chi connectivity index (χ1) is 8.18. The topological polar surface area (TPSA) is 95.9 Å². The number of hydrogen-bond acceptors (Lipinski definition) is 4. The number of carbonyl (C=O) groups is 1. The van der Waals surface area contributed by atoms with E-state index in [9.17, 15) is 4.79 Å². The minimum Gasteiger partial charge on any atom is -0.481 e. The largest absolute Gasteiger partial charge is 0.481 e. The molecular weight excluding hydrogens is 240 g/mol. The first-order valence-electron chi connectivity index (χ1n) is 4.84. The smallest absolute Gasteiger partial charge is 0.359 e. The molecule has 7 heteroatoms. The third-order valence-electron chi connectivity index (χ3n) is 2.08. The number of thioether (sulfide) groups is 1. The van der Waals surface area contributed by atoms with Gasteiger partial charge in [-0.05, 0) is 23.9 Å². The maximum absolute atomic E-state index is 10.5. The summed E-state index contributed by atoms with van der Waals surface area (Å²) in [6, 6.07) is 9.46. The summed E-state index contributed by atoms with van der Waals surface area (Å²) in [5.74, 6) is 5.49. The second-order valence-electron chi connectivity index (χ2n) is 3.27. The molecule has 0 amide bonds. The van der Waals surface area contributed by atoms with Crippen LogP contribution in [-0.4, -0.2) is 27.0 Å². The van der Waals surface area contributed by atoms with E-state index in [1.54, 1.807) is 0 Å². The average Bonchev–Trinajstić information content (AvgIpc) is 2.69. The molecule has 0 spiro atoms. The van der Waals surface area contributed by atoms with E-state index in [4.69, 9.17) is 10.9 Å². The van der Waals surface area contributed by atoms with Crippen LogP contribution in [0.2, 0.25) is 0 Å². The number of nitrogens with one attached hydrogen (secondary N) is 1. The van der Waals surface area contributed by atoms with Gasteiger partial charge in [-0.2, -0.15) is 0 Å². The third-order valence-corrected chi connectivity index (χ3v) is 3.01. The maximum Gasteiger partial charge on any atom is 0.359 e. The second-order valence-corrected chi connectivity index (χ2v) is 4.22. The summed E-state index contributed by atoms with van der Waals surface area (Å²) in [6.07, 6.45) is 0. The van der Waals surface area contributed by atoms with Gasteiger partial charge < -0.3 is 5.11 Å². The van der Waals surface area contributed by atoms with Crippen LogP contribution in [-0.2, 0) is 4.79 Å². The molecule has 0 saturated heterocycles. The monoisotopic (exact) mass is 251 g/mol. The van der Waals surface area contributed by atoms with Gasteiger partial charge in [0.2, 0.25) is 0 Å². The van der Waals surface area contributed by atoms with Crippen molar-refractivity contribution >= 4 is 17.7 Å². The van der Waals surface area contributed by atoms with Crippen LogP contribution in [0.4, 0.5) is 0 Å². The summed E-state index contributed by atoms with van der Waals surface area (Å²) in [7, 11) is 0. The zero-order chi connectivity index (χ0) is 12.3. The van der Waals surface area contributed by atoms with Gasteiger partial charge in [0.25, 0.3) is 5.82 Å². The molecule has 1 heterocycles. The molecule has 4 N–H and O–H groups in total. The van der Waals surface area contributed by atoms with E-state index in [-0.39, 0.29) is 5.75 Å². The second kappa shape index (κ2) is 4.88. The molecule has 0 unspecified atom stereocenters. The highest BCUT2D eigenvalue weighted by atomic mass is 32.2. The van der Waals surface area contributed by atoms with E-state index in [0.717, 1.165) is 17.3 Å². The Hall–Kier alpha value is -2.02. The zero-order valence-corrected chi connectivity index (χ0v) is 9.65. The van der Waals surface area contributed by atoms with Gasteiger partial charge in [0.15, 0.2) is 0 Å². The van der Waals surface area contributed by atoms with Crippen LogP contribution in [0.5, 0.6) is 0 Å². The lowest BCUT2D eigenvalue weighted by Gasteiger charge is -1.95. The summed E-state index contributed by atoms with van der Waals surface area (Å²) in [4.78, 5) is 10.5. The predicted molar refractivity (Wildman–Crippen MR) is 62.7 cm³/mol. The molecular formula is C10H11N4O2S+. The Balaban J connectivity index is 2.24. The Morgan fingerprint density at radius 2 is 2.18 bits per heavy atom. The molecule has 0 fully saturated rings. The Labute approximate surface area is 101 Å². The predicted octanol–water partition coefficient (Wildman–Crippen LogP) is 0.255. The summed E-state index contributed by atoms with van der Waals surface area (Å²) in [5, 5.41) is 15.8. The Bertz CT molecular complexity index is 526. The van der Waals surface area contributed by atoms with Crippen molar-refractivity contribution in [1.82, 2.24) is 10.2 Å². The highest BCUT2D eigenvalue weighted by molar-refractivity contribution is 7.99. The quantitative estimate of drug-likeness (QED) is 0.411. The van der Waals surface area contributed by atoms with E-state index in [1.807, 2.05) is 30.3 Å². The Kier molecular flexibility index (Phi) is 3.29. The van der Waals surface area contributed by atoms with E-state index >= 15 is 0 Å². The van der Waals surface area contributed by atoms with Gasteiger partial charge in [-0.1, -0.05) is 18.2 Å². The molecule has 2 rings (SSSR count). The first kappa shape index (κ1) is 11.5. The fraction of sp³-hybridized carbons (Fsp3) is 0.100. The minimum atomic E-state index is -0.903. The number of nitrogens with zero attached hydrogens (tertiary/aromatic N) is 2. The molecule has 0 aliphatic carbocycles. The Morgan fingerprint density at radius 1 is 1.47 bits per heavy atom. The molecule has 1 aromatic heterocycles. The van der Waals surface area contributed by atoms with Gasteiger partial charge in [0.05, 0.1) is 10.7 Å². The Morgan fingerprint density at radius 3 is 2.82 bits per heavy atom. The summed E-state index contributed by atoms with van der Waals surface area (Å²) in [6.45, 7) is 0. The van der Waals surface area contributed by atoms with Crippen LogP contribution in [0.1, 0.15) is 0 Å². The van der Waals surface area contributed by atoms with Crippen molar-refractivity contribution in [2.24, 2.45) is 0 Å². The van der Waals surface area contributed by atoms with Crippen molar-refractivity contribution in [2.45, 2.75) is 5.16 Å². The molecule has 6 nitrogen and oxygen atoms in total. The number of hydrogen-bond donors (Lipinski definition) is 3. The molecule has 1 aromatic carbocycles. The van der Waals surface area contributed by atoms with Crippen molar-refractivity contribution in [3.05, 3.63) is 30.3 Å². The lowest BCUT2D eigenvalue weighted by atomic mass is 10.2. The lowest BCUT2D eigenvalue weighted by Crippen LogP contribution is -2.47. The third kappa shape index (κ3) is 2.56. The van der Waals surface area contributed by atoms with Crippen LogP contribution >= 0.6 is 11.8 Å². The van der Waals surface area contributed by atoms with Crippen LogP contribution in [0.15, 0.2) is 35.5 Å². The van der Waals surface area contributed by atoms with Crippen molar-refractivity contribution in [3.63, 3.8) is 0 Å². The molecule has 17 heavy (non-hydrogen) atoms. The summed E-state index contributed by atoms with van der Waals surface area (Å²) >= 11 is 1.07. The standard InChI is InChI=1S/C10H10N4O2S/c11-14-9(7-4-2-1-3-5-7)12-13-10(14)17-6-8(15)16/h1-5H,6,11H2,(H,15,16)/p+1. The molecule has 0 aliphatic heterocycles. The van der Waals surface area contributed by atoms with E-state index in [1.165, 1.54) is 4.68 Å². The molecule has 88 valence electrons. The summed E-state index contributed by atoms with van der Waals surface area (Å²) in [5.41, 5.74) is 0.893. The van der Waals surface area contributed by atoms with Gasteiger partial charge in [0, 0.05) is 0 Å². The van der Waals surface area contributed by atoms with Gasteiger partial charge >= 0.3 is 11.1 Å². The number of aliphatic carboxylic acids is 1. The van der Waals surface area contributed by atoms with Crippen LogP contribution < -0.4 is 10.5 Å². The van der Waals surface area contributed by atoms with Gasteiger partial charge in [-0.15, -0.1) is 9.77 Å². The molecule has 2 aromatic rings. The van der Waals surface area contributed by atoms with Crippen molar-refractivity contribution in [2.75, 3.05) is 11.6 Å². The fourth-order valence-corrected chi connectivity index (χ4v) is 1.93. The molecule has 0 aliphatic rings.